The molecule has 2 aromatic heterocycles. The van der Waals surface area contributed by atoms with Crippen LogP contribution in [0.5, 0.6) is 17.2 Å². The summed E-state index contributed by atoms with van der Waals surface area (Å²) in [6.07, 6.45) is 0.752. The predicted octanol–water partition coefficient (Wildman–Crippen LogP) is 3.24. The zero-order valence-corrected chi connectivity index (χ0v) is 14.3. The standard InChI is InChI=1S/C18H10F2N4O5/c19-9-2-1-3-10(4-9)28-15-5-12-14(6-13(15)20)22-17(23-16(12)25)24-8-11(7-21-24)29-18(26)27/h1-8H,(H,26,27)(H,22,23,25). The Kier molecular flexibility index (Phi) is 4.39. The van der Waals surface area contributed by atoms with Crippen molar-refractivity contribution in [2.45, 2.75) is 0 Å². The van der Waals surface area contributed by atoms with Gasteiger partial charge in [-0.25, -0.2) is 23.2 Å². The summed E-state index contributed by atoms with van der Waals surface area (Å²) in [6, 6.07) is 7.25. The molecule has 0 atom stereocenters. The van der Waals surface area contributed by atoms with Crippen LogP contribution in [0.4, 0.5) is 13.6 Å². The Morgan fingerprint density at radius 3 is 2.76 bits per heavy atom. The van der Waals surface area contributed by atoms with Gasteiger partial charge in [0.05, 0.1) is 23.3 Å². The first-order chi connectivity index (χ1) is 13.9. The molecule has 29 heavy (non-hydrogen) atoms. The van der Waals surface area contributed by atoms with Crippen LogP contribution in [0.3, 0.4) is 0 Å². The van der Waals surface area contributed by atoms with E-state index in [1.807, 2.05) is 0 Å². The molecule has 2 aromatic carbocycles. The summed E-state index contributed by atoms with van der Waals surface area (Å²) in [6.45, 7) is 0. The largest absolute Gasteiger partial charge is 0.511 e. The van der Waals surface area contributed by atoms with Crippen LogP contribution >= 0.6 is 0 Å². The summed E-state index contributed by atoms with van der Waals surface area (Å²) < 4.78 is 38.5. The number of rotatable bonds is 4. The van der Waals surface area contributed by atoms with E-state index in [0.29, 0.717) is 0 Å². The van der Waals surface area contributed by atoms with Gasteiger partial charge in [-0.2, -0.15) is 5.10 Å². The molecule has 0 aliphatic heterocycles. The molecule has 0 radical (unpaired) electrons. The molecule has 0 aliphatic carbocycles. The summed E-state index contributed by atoms with van der Waals surface area (Å²) in [5, 5.41) is 12.5. The van der Waals surface area contributed by atoms with E-state index in [0.717, 1.165) is 29.1 Å². The van der Waals surface area contributed by atoms with Gasteiger partial charge in [-0.05, 0) is 18.2 Å². The van der Waals surface area contributed by atoms with Gasteiger partial charge in [0.2, 0.25) is 5.95 Å². The van der Waals surface area contributed by atoms with Crippen molar-refractivity contribution in [2.24, 2.45) is 0 Å². The molecule has 4 rings (SSSR count). The number of halogens is 2. The molecule has 0 saturated carbocycles. The van der Waals surface area contributed by atoms with E-state index >= 15 is 0 Å². The van der Waals surface area contributed by atoms with Crippen LogP contribution in [-0.4, -0.2) is 31.0 Å². The SMILES string of the molecule is O=C(O)Oc1cnn(-c2nc3cc(F)c(Oc4cccc(F)c4)cc3c(=O)[nH]2)c1. The molecule has 0 spiro atoms. The van der Waals surface area contributed by atoms with Gasteiger partial charge in [0, 0.05) is 12.1 Å². The van der Waals surface area contributed by atoms with E-state index in [2.05, 4.69) is 19.8 Å². The van der Waals surface area contributed by atoms with Gasteiger partial charge in [0.1, 0.15) is 11.6 Å². The van der Waals surface area contributed by atoms with Crippen LogP contribution in [0, 0.1) is 11.6 Å². The lowest BCUT2D eigenvalue weighted by atomic mass is 10.2. The summed E-state index contributed by atoms with van der Waals surface area (Å²) in [5.74, 6) is -1.77. The Labute approximate surface area is 159 Å². The second kappa shape index (κ2) is 7.03. The molecule has 0 amide bonds. The van der Waals surface area contributed by atoms with Crippen molar-refractivity contribution >= 4 is 17.1 Å². The third kappa shape index (κ3) is 3.74. The molecule has 146 valence electrons. The fourth-order valence-electron chi connectivity index (χ4n) is 2.55. The Morgan fingerprint density at radius 2 is 2.00 bits per heavy atom. The van der Waals surface area contributed by atoms with Gasteiger partial charge in [0.25, 0.3) is 5.56 Å². The first kappa shape index (κ1) is 18.1. The van der Waals surface area contributed by atoms with Crippen molar-refractivity contribution < 1.29 is 28.2 Å². The number of hydrogen-bond donors (Lipinski definition) is 2. The Hall–Kier alpha value is -4.28. The van der Waals surface area contributed by atoms with E-state index in [-0.39, 0.29) is 34.1 Å². The molecule has 0 unspecified atom stereocenters. The van der Waals surface area contributed by atoms with Crippen molar-refractivity contribution in [3.8, 4) is 23.2 Å². The minimum atomic E-state index is -1.53. The average Bonchev–Trinajstić information content (AvgIpc) is 3.10. The highest BCUT2D eigenvalue weighted by atomic mass is 19.1. The third-order valence-electron chi connectivity index (χ3n) is 3.75. The molecule has 2 heterocycles. The highest BCUT2D eigenvalue weighted by Gasteiger charge is 2.14. The lowest BCUT2D eigenvalue weighted by Gasteiger charge is -2.09. The number of ether oxygens (including phenoxy) is 2. The van der Waals surface area contributed by atoms with Crippen LogP contribution in [0.15, 0.2) is 53.6 Å². The van der Waals surface area contributed by atoms with Crippen LogP contribution in [0.25, 0.3) is 16.9 Å². The first-order valence-electron chi connectivity index (χ1n) is 8.02. The van der Waals surface area contributed by atoms with Crippen molar-refractivity contribution in [2.75, 3.05) is 0 Å². The molecule has 0 aliphatic rings. The van der Waals surface area contributed by atoms with E-state index in [1.165, 1.54) is 24.4 Å². The highest BCUT2D eigenvalue weighted by Crippen LogP contribution is 2.27. The van der Waals surface area contributed by atoms with E-state index < -0.39 is 23.3 Å². The lowest BCUT2D eigenvalue weighted by Crippen LogP contribution is -2.14. The Bertz CT molecular complexity index is 1300. The molecular weight excluding hydrogens is 390 g/mol. The number of H-pyrrole nitrogens is 1. The van der Waals surface area contributed by atoms with E-state index in [1.54, 1.807) is 0 Å². The fraction of sp³-hybridized carbons (Fsp3) is 0. The number of benzene rings is 2. The number of carbonyl (C=O) groups is 1. The first-order valence-corrected chi connectivity index (χ1v) is 8.02. The van der Waals surface area contributed by atoms with Gasteiger partial charge < -0.3 is 14.6 Å². The number of nitrogens with zero attached hydrogens (tertiary/aromatic N) is 3. The van der Waals surface area contributed by atoms with Crippen molar-refractivity contribution in [3.63, 3.8) is 0 Å². The van der Waals surface area contributed by atoms with Gasteiger partial charge in [-0.3, -0.25) is 9.78 Å². The minimum Gasteiger partial charge on any atom is -0.454 e. The Balaban J connectivity index is 1.72. The molecule has 2 N–H and O–H groups in total. The molecule has 0 fully saturated rings. The number of aromatic amines is 1. The van der Waals surface area contributed by atoms with E-state index in [4.69, 9.17) is 9.84 Å². The summed E-state index contributed by atoms with van der Waals surface area (Å²) in [5.41, 5.74) is -0.616. The number of nitrogens with one attached hydrogen (secondary N) is 1. The minimum absolute atomic E-state index is 0.00375. The summed E-state index contributed by atoms with van der Waals surface area (Å²) >= 11 is 0. The average molecular weight is 400 g/mol. The molecule has 9 nitrogen and oxygen atoms in total. The Morgan fingerprint density at radius 1 is 1.17 bits per heavy atom. The van der Waals surface area contributed by atoms with Gasteiger partial charge in [-0.15, -0.1) is 0 Å². The molecule has 0 saturated heterocycles. The van der Waals surface area contributed by atoms with Gasteiger partial charge in [0.15, 0.2) is 17.3 Å². The van der Waals surface area contributed by atoms with Crippen molar-refractivity contribution in [1.29, 1.82) is 0 Å². The van der Waals surface area contributed by atoms with Gasteiger partial charge >= 0.3 is 6.16 Å². The zero-order chi connectivity index (χ0) is 20.5. The molecule has 0 bridgehead atoms. The van der Waals surface area contributed by atoms with E-state index in [9.17, 15) is 18.4 Å². The maximum Gasteiger partial charge on any atom is 0.511 e. The maximum absolute atomic E-state index is 14.4. The second-order valence-electron chi connectivity index (χ2n) is 5.74. The normalized spacial score (nSPS) is 10.8. The monoisotopic (exact) mass is 400 g/mol. The number of aromatic nitrogens is 4. The number of carboxylic acid groups (broad SMARTS) is 1. The van der Waals surface area contributed by atoms with Crippen LogP contribution in [0.1, 0.15) is 0 Å². The van der Waals surface area contributed by atoms with Gasteiger partial charge in [-0.1, -0.05) is 6.07 Å². The van der Waals surface area contributed by atoms with Crippen LogP contribution < -0.4 is 15.0 Å². The smallest absolute Gasteiger partial charge is 0.454 e. The van der Waals surface area contributed by atoms with Crippen molar-refractivity contribution in [3.05, 3.63) is 70.8 Å². The lowest BCUT2D eigenvalue weighted by molar-refractivity contribution is 0.144. The van der Waals surface area contributed by atoms with Crippen molar-refractivity contribution in [1.82, 2.24) is 19.7 Å². The summed E-state index contributed by atoms with van der Waals surface area (Å²) in [4.78, 5) is 29.5. The van der Waals surface area contributed by atoms with Crippen LogP contribution in [0.2, 0.25) is 0 Å². The zero-order valence-electron chi connectivity index (χ0n) is 14.3. The summed E-state index contributed by atoms with van der Waals surface area (Å²) in [7, 11) is 0. The molecular formula is C18H10F2N4O5. The number of fused-ring (bicyclic) bond motifs is 1. The fourth-order valence-corrected chi connectivity index (χ4v) is 2.55. The topological polar surface area (TPSA) is 119 Å². The predicted molar refractivity (Wildman–Crippen MR) is 94.6 cm³/mol. The van der Waals surface area contributed by atoms with Crippen LogP contribution in [-0.2, 0) is 0 Å². The molecule has 4 aromatic rings. The number of hydrogen-bond acceptors (Lipinski definition) is 6. The quantitative estimate of drug-likeness (QED) is 0.505. The molecule has 11 heteroatoms. The maximum atomic E-state index is 14.4. The highest BCUT2D eigenvalue weighted by molar-refractivity contribution is 5.80. The second-order valence-corrected chi connectivity index (χ2v) is 5.74. The third-order valence-corrected chi connectivity index (χ3v) is 3.75.